The summed E-state index contributed by atoms with van der Waals surface area (Å²) in [6.07, 6.45) is 0. The Balaban J connectivity index is 2.58. The van der Waals surface area contributed by atoms with Crippen molar-refractivity contribution in [2.45, 2.75) is 6.54 Å². The lowest BCUT2D eigenvalue weighted by Gasteiger charge is -2.09. The van der Waals surface area contributed by atoms with Gasteiger partial charge in [0.05, 0.1) is 0 Å². The third-order valence-electron chi connectivity index (χ3n) is 1.86. The number of hydrogen-bond acceptors (Lipinski definition) is 1. The molecule has 0 bridgehead atoms. The van der Waals surface area contributed by atoms with Gasteiger partial charge in [-0.15, -0.1) is 0 Å². The molecular formula is C10H14BrN3. The van der Waals surface area contributed by atoms with Crippen LogP contribution < -0.4 is 10.6 Å². The Morgan fingerprint density at radius 2 is 2.14 bits per heavy atom. The van der Waals surface area contributed by atoms with Gasteiger partial charge in [0.25, 0.3) is 0 Å². The third-order valence-corrected chi connectivity index (χ3v) is 2.64. The molecule has 3 nitrogen and oxygen atoms in total. The molecule has 0 unspecified atom stereocenters. The maximum Gasteiger partial charge on any atom is 0.190 e. The lowest BCUT2D eigenvalue weighted by atomic mass is 10.2. The molecule has 14 heavy (non-hydrogen) atoms. The summed E-state index contributed by atoms with van der Waals surface area (Å²) in [5.41, 5.74) is 1.21. The van der Waals surface area contributed by atoms with Crippen molar-refractivity contribution >= 4 is 21.9 Å². The molecule has 0 aliphatic rings. The van der Waals surface area contributed by atoms with E-state index in [0.29, 0.717) is 0 Å². The first kappa shape index (κ1) is 11.0. The fraction of sp³-hybridized carbons (Fsp3) is 0.300. The van der Waals surface area contributed by atoms with Crippen LogP contribution in [0.5, 0.6) is 0 Å². The second-order valence-electron chi connectivity index (χ2n) is 2.77. The van der Waals surface area contributed by atoms with Gasteiger partial charge in [0.15, 0.2) is 5.96 Å². The Morgan fingerprint density at radius 3 is 2.71 bits per heavy atom. The SMILES string of the molecule is CN=C(NC)NCc1ccccc1Br. The molecule has 0 atom stereocenters. The second kappa shape index (κ2) is 5.65. The van der Waals surface area contributed by atoms with Crippen LogP contribution in [0.2, 0.25) is 0 Å². The summed E-state index contributed by atoms with van der Waals surface area (Å²) >= 11 is 3.49. The van der Waals surface area contributed by atoms with Crippen LogP contribution in [0.4, 0.5) is 0 Å². The molecule has 0 aliphatic carbocycles. The zero-order chi connectivity index (χ0) is 10.4. The first-order valence-corrected chi connectivity index (χ1v) is 5.19. The molecule has 0 saturated heterocycles. The van der Waals surface area contributed by atoms with Gasteiger partial charge >= 0.3 is 0 Å². The predicted octanol–water partition coefficient (Wildman–Crippen LogP) is 1.74. The fourth-order valence-corrected chi connectivity index (χ4v) is 1.52. The van der Waals surface area contributed by atoms with Crippen molar-refractivity contribution in [3.05, 3.63) is 34.3 Å². The van der Waals surface area contributed by atoms with Crippen LogP contribution in [0.25, 0.3) is 0 Å². The number of rotatable bonds is 2. The van der Waals surface area contributed by atoms with Crippen molar-refractivity contribution in [3.63, 3.8) is 0 Å². The van der Waals surface area contributed by atoms with Crippen LogP contribution in [-0.4, -0.2) is 20.1 Å². The van der Waals surface area contributed by atoms with E-state index in [4.69, 9.17) is 0 Å². The Morgan fingerprint density at radius 1 is 1.43 bits per heavy atom. The third kappa shape index (κ3) is 3.03. The van der Waals surface area contributed by atoms with Crippen LogP contribution in [-0.2, 0) is 6.54 Å². The summed E-state index contributed by atoms with van der Waals surface area (Å²) in [4.78, 5) is 4.03. The smallest absolute Gasteiger partial charge is 0.190 e. The second-order valence-corrected chi connectivity index (χ2v) is 3.62. The van der Waals surface area contributed by atoms with Gasteiger partial charge in [-0.25, -0.2) is 0 Å². The standard InChI is InChI=1S/C10H14BrN3/c1-12-10(13-2)14-7-8-5-3-4-6-9(8)11/h3-6H,7H2,1-2H3,(H2,12,13,14). The number of hydrogen-bond donors (Lipinski definition) is 2. The summed E-state index contributed by atoms with van der Waals surface area (Å²) in [5, 5.41) is 6.15. The summed E-state index contributed by atoms with van der Waals surface area (Å²) < 4.78 is 1.11. The lowest BCUT2D eigenvalue weighted by molar-refractivity contribution is 0.862. The van der Waals surface area contributed by atoms with Gasteiger partial charge in [-0.3, -0.25) is 4.99 Å². The number of nitrogens with zero attached hydrogens (tertiary/aromatic N) is 1. The first-order valence-electron chi connectivity index (χ1n) is 4.39. The minimum Gasteiger partial charge on any atom is -0.359 e. The van der Waals surface area contributed by atoms with Crippen molar-refractivity contribution in [2.75, 3.05) is 14.1 Å². The Kier molecular flexibility index (Phi) is 4.46. The molecule has 0 spiro atoms. The molecule has 0 saturated carbocycles. The Bertz CT molecular complexity index is 323. The van der Waals surface area contributed by atoms with E-state index < -0.39 is 0 Å². The maximum atomic E-state index is 4.03. The van der Waals surface area contributed by atoms with E-state index in [1.807, 2.05) is 25.2 Å². The van der Waals surface area contributed by atoms with Gasteiger partial charge < -0.3 is 10.6 Å². The molecule has 0 radical (unpaired) electrons. The molecule has 2 N–H and O–H groups in total. The van der Waals surface area contributed by atoms with E-state index in [1.54, 1.807) is 7.05 Å². The van der Waals surface area contributed by atoms with Gasteiger partial charge in [-0.05, 0) is 11.6 Å². The minimum atomic E-state index is 0.759. The number of halogens is 1. The van der Waals surface area contributed by atoms with Crippen molar-refractivity contribution in [1.82, 2.24) is 10.6 Å². The highest BCUT2D eigenvalue weighted by molar-refractivity contribution is 9.10. The number of aliphatic imine (C=N–C) groups is 1. The average Bonchev–Trinajstić information content (AvgIpc) is 2.22. The minimum absolute atomic E-state index is 0.759. The van der Waals surface area contributed by atoms with Crippen LogP contribution in [0.15, 0.2) is 33.7 Å². The van der Waals surface area contributed by atoms with Crippen LogP contribution in [0, 0.1) is 0 Å². The largest absolute Gasteiger partial charge is 0.359 e. The highest BCUT2D eigenvalue weighted by atomic mass is 79.9. The van der Waals surface area contributed by atoms with Crippen molar-refractivity contribution < 1.29 is 0 Å². The summed E-state index contributed by atoms with van der Waals surface area (Å²) in [6.45, 7) is 0.759. The normalized spacial score (nSPS) is 11.2. The van der Waals surface area contributed by atoms with Gasteiger partial charge in [-0.1, -0.05) is 34.1 Å². The molecule has 1 aromatic rings. The van der Waals surface area contributed by atoms with Gasteiger partial charge in [0, 0.05) is 25.1 Å². The van der Waals surface area contributed by atoms with E-state index in [2.05, 4.69) is 37.6 Å². The Hall–Kier alpha value is -1.03. The van der Waals surface area contributed by atoms with Crippen molar-refractivity contribution in [2.24, 2.45) is 4.99 Å². The van der Waals surface area contributed by atoms with E-state index in [1.165, 1.54) is 5.56 Å². The average molecular weight is 256 g/mol. The molecule has 0 aliphatic heterocycles. The quantitative estimate of drug-likeness (QED) is 0.624. The highest BCUT2D eigenvalue weighted by Gasteiger charge is 1.98. The number of nitrogens with one attached hydrogen (secondary N) is 2. The van der Waals surface area contributed by atoms with E-state index >= 15 is 0 Å². The summed E-state index contributed by atoms with van der Waals surface area (Å²) in [7, 11) is 3.59. The van der Waals surface area contributed by atoms with Crippen molar-refractivity contribution in [3.8, 4) is 0 Å². The lowest BCUT2D eigenvalue weighted by Crippen LogP contribution is -2.34. The zero-order valence-electron chi connectivity index (χ0n) is 8.34. The maximum absolute atomic E-state index is 4.03. The predicted molar refractivity (Wildman–Crippen MR) is 63.4 cm³/mol. The van der Waals surface area contributed by atoms with Crippen LogP contribution in [0.3, 0.4) is 0 Å². The molecule has 0 fully saturated rings. The molecular weight excluding hydrogens is 242 g/mol. The molecule has 1 aromatic carbocycles. The molecule has 0 aromatic heterocycles. The monoisotopic (exact) mass is 255 g/mol. The number of benzene rings is 1. The first-order chi connectivity index (χ1) is 6.77. The summed E-state index contributed by atoms with van der Waals surface area (Å²) in [5.74, 6) is 0.792. The van der Waals surface area contributed by atoms with E-state index in [9.17, 15) is 0 Å². The molecule has 0 heterocycles. The molecule has 1 rings (SSSR count). The zero-order valence-corrected chi connectivity index (χ0v) is 9.93. The van der Waals surface area contributed by atoms with Crippen LogP contribution >= 0.6 is 15.9 Å². The molecule has 0 amide bonds. The van der Waals surface area contributed by atoms with Crippen molar-refractivity contribution in [1.29, 1.82) is 0 Å². The van der Waals surface area contributed by atoms with E-state index in [0.717, 1.165) is 17.0 Å². The van der Waals surface area contributed by atoms with Gasteiger partial charge in [-0.2, -0.15) is 0 Å². The summed E-state index contributed by atoms with van der Waals surface area (Å²) in [6, 6.07) is 8.11. The topological polar surface area (TPSA) is 36.4 Å². The highest BCUT2D eigenvalue weighted by Crippen LogP contribution is 2.14. The van der Waals surface area contributed by atoms with Gasteiger partial charge in [0.1, 0.15) is 0 Å². The van der Waals surface area contributed by atoms with Crippen LogP contribution in [0.1, 0.15) is 5.56 Å². The number of guanidine groups is 1. The van der Waals surface area contributed by atoms with E-state index in [-0.39, 0.29) is 0 Å². The fourth-order valence-electron chi connectivity index (χ4n) is 1.10. The van der Waals surface area contributed by atoms with Gasteiger partial charge in [0.2, 0.25) is 0 Å². The molecule has 76 valence electrons. The Labute approximate surface area is 92.8 Å². The molecule has 4 heteroatoms.